The molecule has 7 atom stereocenters. The summed E-state index contributed by atoms with van der Waals surface area (Å²) in [7, 11) is 10.4. The molecule has 2 heterocycles. The van der Waals surface area contributed by atoms with E-state index in [-0.39, 0.29) is 79.4 Å². The lowest BCUT2D eigenvalue weighted by Gasteiger charge is -2.39. The molecule has 2 N–H and O–H groups in total. The number of likely N-dealkylation sites (N-methyl/N-ethyl adjacent to an activating group) is 2. The molecule has 18 heteroatoms. The van der Waals surface area contributed by atoms with E-state index in [1.54, 1.807) is 31.1 Å². The molecule has 380 valence electrons. The summed E-state index contributed by atoms with van der Waals surface area (Å²) < 4.78 is 21.0. The lowest BCUT2D eigenvalue weighted by atomic mass is 9.91. The van der Waals surface area contributed by atoms with Crippen molar-refractivity contribution in [3.63, 3.8) is 0 Å². The smallest absolute Gasteiger partial charge is 0.410 e. The molecular weight excluding hydrogens is 866 g/mol. The van der Waals surface area contributed by atoms with Crippen molar-refractivity contribution in [2.45, 2.75) is 124 Å². The minimum Gasteiger partial charge on any atom is -0.469 e. The number of likely N-dealkylation sites (tertiary alicyclic amines) is 1. The minimum absolute atomic E-state index is 0.0131. The largest absolute Gasteiger partial charge is 0.469 e. The van der Waals surface area contributed by atoms with Crippen LogP contribution in [0.3, 0.4) is 0 Å². The number of rotatable bonds is 17. The standard InChI is InChI=1S/C24H45N5O5.C14H27N2O5P.C7H8.C3H8/c1-10-18(2)21(19(33-9)11-16-30)27(8)20(31)17-25-22(26(6)7)28-12-14-29(15-13-28)23(32)34-24(3,4)5;1-10(13(21-4)11-6-5-7-16(11)2)14(18)15-9-22(19)8-12(17)20-3;1-7-5-3-2-4-6-7;1-3-2/h16,18-19,21H,10-15,17H2,1-9H3;10-11,13,19H,5-9H2,1-4H3,(H,15,18);2-6H,1H3;3H2,1-2H3. The number of aryl methyl sites for hydroxylation is 1. The number of methoxy groups -OCH3 is 3. The Bertz CT molecular complexity index is 1560. The number of benzene rings is 1. The number of amides is 3. The minimum atomic E-state index is -1.58. The zero-order chi connectivity index (χ0) is 50.6. The summed E-state index contributed by atoms with van der Waals surface area (Å²) in [5.74, 6) is -0.238. The molecule has 2 aliphatic rings. The highest BCUT2D eigenvalue weighted by Gasteiger charge is 2.36. The number of carbonyl (C=O) groups excluding carboxylic acids is 5. The fraction of sp³-hybridized carbons (Fsp3) is 0.750. The zero-order valence-corrected chi connectivity index (χ0v) is 44.3. The number of aliphatic imine (C=N–C) groups is 1. The van der Waals surface area contributed by atoms with Crippen LogP contribution >= 0.6 is 8.15 Å². The second-order valence-corrected chi connectivity index (χ2v) is 19.6. The SMILES string of the molecule is CCC.CCC(C)C(C(CC=O)OC)N(C)C(=O)CN=C(N(C)C)N1CCN(C(=O)OC(C)(C)C)CC1.COC(=O)CP(O)CNC(=O)C(C)C(OC)C1CCCN1C.Cc1ccccc1. The van der Waals surface area contributed by atoms with Crippen LogP contribution in [0.25, 0.3) is 0 Å². The summed E-state index contributed by atoms with van der Waals surface area (Å²) in [4.78, 5) is 83.8. The van der Waals surface area contributed by atoms with Crippen LogP contribution in [-0.2, 0) is 38.1 Å². The van der Waals surface area contributed by atoms with Gasteiger partial charge in [-0.15, -0.1) is 0 Å². The predicted molar refractivity (Wildman–Crippen MR) is 265 cm³/mol. The Morgan fingerprint density at radius 1 is 0.955 bits per heavy atom. The number of hydrogen-bond donors (Lipinski definition) is 2. The summed E-state index contributed by atoms with van der Waals surface area (Å²) in [6.07, 6.45) is 4.46. The van der Waals surface area contributed by atoms with E-state index in [4.69, 9.17) is 14.2 Å². The van der Waals surface area contributed by atoms with E-state index in [1.165, 1.54) is 19.1 Å². The fourth-order valence-corrected chi connectivity index (χ4v) is 8.27. The average Bonchev–Trinajstić information content (AvgIpc) is 3.70. The van der Waals surface area contributed by atoms with E-state index < -0.39 is 19.7 Å². The van der Waals surface area contributed by atoms with Crippen molar-refractivity contribution >= 4 is 44.3 Å². The van der Waals surface area contributed by atoms with Gasteiger partial charge in [-0.3, -0.25) is 14.4 Å². The molecule has 1 aromatic carbocycles. The Morgan fingerprint density at radius 3 is 1.95 bits per heavy atom. The van der Waals surface area contributed by atoms with Crippen molar-refractivity contribution < 1.29 is 47.8 Å². The van der Waals surface area contributed by atoms with E-state index in [2.05, 4.69) is 71.6 Å². The molecule has 2 fully saturated rings. The van der Waals surface area contributed by atoms with Gasteiger partial charge in [0.2, 0.25) is 11.8 Å². The summed E-state index contributed by atoms with van der Waals surface area (Å²) in [5.41, 5.74) is 0.792. The molecule has 0 saturated carbocycles. The van der Waals surface area contributed by atoms with Crippen LogP contribution in [0.15, 0.2) is 35.3 Å². The molecular formula is C48H88N7O10P. The first-order valence-electron chi connectivity index (χ1n) is 23.3. The number of nitrogens with zero attached hydrogens (tertiary/aromatic N) is 6. The van der Waals surface area contributed by atoms with E-state index in [0.29, 0.717) is 32.1 Å². The van der Waals surface area contributed by atoms with E-state index >= 15 is 0 Å². The van der Waals surface area contributed by atoms with Gasteiger partial charge in [-0.05, 0) is 60.0 Å². The molecule has 2 aliphatic heterocycles. The fourth-order valence-electron chi connectivity index (χ4n) is 7.39. The first-order valence-corrected chi connectivity index (χ1v) is 24.9. The number of guanidine groups is 1. The van der Waals surface area contributed by atoms with Crippen molar-refractivity contribution in [1.29, 1.82) is 0 Å². The maximum absolute atomic E-state index is 13.1. The second-order valence-electron chi connectivity index (χ2n) is 18.0. The molecule has 2 saturated heterocycles. The molecule has 0 aliphatic carbocycles. The maximum Gasteiger partial charge on any atom is 0.410 e. The van der Waals surface area contributed by atoms with Gasteiger partial charge in [0.1, 0.15) is 18.4 Å². The Hall–Kier alpha value is -3.89. The second kappa shape index (κ2) is 33.6. The first-order chi connectivity index (χ1) is 31.1. The highest BCUT2D eigenvalue weighted by atomic mass is 31.1. The molecule has 0 aromatic heterocycles. The monoisotopic (exact) mass is 954 g/mol. The first kappa shape index (κ1) is 62.1. The number of aldehydes is 1. The molecule has 0 radical (unpaired) electrons. The van der Waals surface area contributed by atoms with Gasteiger partial charge in [0.25, 0.3) is 0 Å². The molecule has 1 aromatic rings. The van der Waals surface area contributed by atoms with Gasteiger partial charge in [0.05, 0.1) is 51.9 Å². The number of nitrogens with one attached hydrogen (secondary N) is 1. The molecule has 7 unspecified atom stereocenters. The molecule has 0 spiro atoms. The number of ether oxygens (including phenoxy) is 4. The number of piperazine rings is 1. The topological polar surface area (TPSA) is 183 Å². The third-order valence-electron chi connectivity index (χ3n) is 11.1. The Labute approximate surface area is 399 Å². The van der Waals surface area contributed by atoms with E-state index in [0.717, 1.165) is 32.1 Å². The van der Waals surface area contributed by atoms with Gasteiger partial charge in [0, 0.05) is 74.0 Å². The number of hydrogen-bond acceptors (Lipinski definition) is 12. The van der Waals surface area contributed by atoms with Crippen LogP contribution in [0.1, 0.15) is 93.1 Å². The quantitative estimate of drug-likeness (QED) is 0.0638. The molecule has 3 amide bonds. The lowest BCUT2D eigenvalue weighted by molar-refractivity contribution is -0.137. The Kier molecular flexibility index (Phi) is 31.6. The Morgan fingerprint density at radius 2 is 1.53 bits per heavy atom. The van der Waals surface area contributed by atoms with Crippen molar-refractivity contribution in [3.05, 3.63) is 35.9 Å². The average molecular weight is 954 g/mol. The summed E-state index contributed by atoms with van der Waals surface area (Å²) in [6, 6.07) is 10.3. The molecule has 0 bridgehead atoms. The molecule has 3 rings (SSSR count). The molecule has 66 heavy (non-hydrogen) atoms. The highest BCUT2D eigenvalue weighted by Crippen LogP contribution is 2.29. The lowest BCUT2D eigenvalue weighted by Crippen LogP contribution is -2.54. The van der Waals surface area contributed by atoms with E-state index in [1.807, 2.05) is 71.9 Å². The van der Waals surface area contributed by atoms with Gasteiger partial charge < -0.3 is 58.5 Å². The summed E-state index contributed by atoms with van der Waals surface area (Å²) >= 11 is 0. The summed E-state index contributed by atoms with van der Waals surface area (Å²) in [5, 5.41) is 2.70. The third kappa shape index (κ3) is 23.7. The van der Waals surface area contributed by atoms with Gasteiger partial charge in [0.15, 0.2) is 5.96 Å². The number of esters is 1. The van der Waals surface area contributed by atoms with E-state index in [9.17, 15) is 28.9 Å². The zero-order valence-electron chi connectivity index (χ0n) is 43.4. The maximum atomic E-state index is 13.1. The van der Waals surface area contributed by atoms with Crippen molar-refractivity contribution in [2.75, 3.05) is 101 Å². The van der Waals surface area contributed by atoms with Crippen LogP contribution in [0.2, 0.25) is 0 Å². The Balaban J connectivity index is 0.00000111. The van der Waals surface area contributed by atoms with Crippen LogP contribution in [-0.4, -0.2) is 197 Å². The molecule has 17 nitrogen and oxygen atoms in total. The van der Waals surface area contributed by atoms with Crippen molar-refractivity contribution in [1.82, 2.24) is 29.8 Å². The van der Waals surface area contributed by atoms with Gasteiger partial charge >= 0.3 is 12.1 Å². The van der Waals surface area contributed by atoms with Crippen LogP contribution in [0.5, 0.6) is 0 Å². The van der Waals surface area contributed by atoms with Gasteiger partial charge in [-0.2, -0.15) is 0 Å². The van der Waals surface area contributed by atoms with Crippen LogP contribution in [0, 0.1) is 18.8 Å². The predicted octanol–water partition coefficient (Wildman–Crippen LogP) is 5.71. The summed E-state index contributed by atoms with van der Waals surface area (Å²) in [6.45, 7) is 21.1. The van der Waals surface area contributed by atoms with Gasteiger partial charge in [-0.25, -0.2) is 9.79 Å². The van der Waals surface area contributed by atoms with Crippen LogP contribution in [0.4, 0.5) is 4.79 Å². The van der Waals surface area contributed by atoms with Crippen molar-refractivity contribution in [3.8, 4) is 0 Å². The highest BCUT2D eigenvalue weighted by molar-refractivity contribution is 7.52. The number of carbonyl (C=O) groups is 5. The van der Waals surface area contributed by atoms with Crippen LogP contribution < -0.4 is 5.32 Å². The van der Waals surface area contributed by atoms with Gasteiger partial charge in [-0.1, -0.05) is 83.4 Å². The normalized spacial score (nSPS) is 17.9. The third-order valence-corrected chi connectivity index (χ3v) is 12.2. The van der Waals surface area contributed by atoms with Crippen molar-refractivity contribution in [2.24, 2.45) is 16.8 Å².